The number of aliphatic hydroxyl groups excluding tert-OH is 1. The van der Waals surface area contributed by atoms with Crippen molar-refractivity contribution in [3.8, 4) is 16.9 Å². The van der Waals surface area contributed by atoms with E-state index in [1.54, 1.807) is 6.20 Å². The Bertz CT molecular complexity index is 1280. The summed E-state index contributed by atoms with van der Waals surface area (Å²) in [7, 11) is 0. The minimum atomic E-state index is -0.274. The van der Waals surface area contributed by atoms with Crippen LogP contribution in [0.4, 0.5) is 0 Å². The molecule has 1 saturated carbocycles. The molecule has 2 aromatic heterocycles. The number of hydrogen-bond donors (Lipinski definition) is 2. The van der Waals surface area contributed by atoms with Crippen molar-refractivity contribution in [2.75, 3.05) is 13.2 Å². The van der Waals surface area contributed by atoms with Crippen molar-refractivity contribution < 1.29 is 14.6 Å². The first-order valence-corrected chi connectivity index (χ1v) is 12.3. The van der Waals surface area contributed by atoms with Crippen LogP contribution in [0.15, 0.2) is 67.0 Å². The number of nitrogens with zero attached hydrogens (tertiary/aromatic N) is 3. The Morgan fingerprint density at radius 3 is 2.54 bits per heavy atom. The molecular formula is C28H30N4O3. The Morgan fingerprint density at radius 2 is 1.80 bits per heavy atom. The zero-order valence-corrected chi connectivity index (χ0v) is 19.7. The summed E-state index contributed by atoms with van der Waals surface area (Å²) in [6.07, 6.45) is 9.25. The minimum absolute atomic E-state index is 0.110. The van der Waals surface area contributed by atoms with Gasteiger partial charge in [-0.1, -0.05) is 61.7 Å². The van der Waals surface area contributed by atoms with Gasteiger partial charge in [-0.2, -0.15) is 5.10 Å². The van der Waals surface area contributed by atoms with Crippen molar-refractivity contribution in [1.82, 2.24) is 19.9 Å². The van der Waals surface area contributed by atoms with Crippen molar-refractivity contribution in [3.05, 3.63) is 83.8 Å². The maximum atomic E-state index is 12.6. The van der Waals surface area contributed by atoms with Gasteiger partial charge in [-0.3, -0.25) is 4.79 Å². The van der Waals surface area contributed by atoms with Gasteiger partial charge >= 0.3 is 0 Å². The summed E-state index contributed by atoms with van der Waals surface area (Å²) in [5.41, 5.74) is 5.29. The van der Waals surface area contributed by atoms with Gasteiger partial charge in [-0.25, -0.2) is 9.50 Å². The molecule has 1 aliphatic carbocycles. The van der Waals surface area contributed by atoms with E-state index in [9.17, 15) is 4.79 Å². The van der Waals surface area contributed by atoms with E-state index in [-0.39, 0.29) is 19.1 Å². The van der Waals surface area contributed by atoms with E-state index in [0.717, 1.165) is 41.0 Å². The van der Waals surface area contributed by atoms with Crippen LogP contribution < -0.4 is 10.1 Å². The fraction of sp³-hybridized carbons (Fsp3) is 0.321. The number of ether oxygens (including phenoxy) is 1. The first kappa shape index (κ1) is 23.1. The number of carbonyl (C=O) groups excluding carboxylic acids is 1. The molecule has 5 rings (SSSR count). The summed E-state index contributed by atoms with van der Waals surface area (Å²) in [6.45, 7) is 0.610. The fourth-order valence-electron chi connectivity index (χ4n) is 4.84. The second-order valence-corrected chi connectivity index (χ2v) is 8.96. The summed E-state index contributed by atoms with van der Waals surface area (Å²) in [5, 5.41) is 16.4. The highest BCUT2D eigenvalue weighted by atomic mass is 16.5. The molecule has 0 atom stereocenters. The van der Waals surface area contributed by atoms with E-state index in [1.165, 1.54) is 19.3 Å². The van der Waals surface area contributed by atoms with Crippen LogP contribution >= 0.6 is 0 Å². The molecule has 0 bridgehead atoms. The molecule has 0 spiro atoms. The third-order valence-electron chi connectivity index (χ3n) is 6.61. The van der Waals surface area contributed by atoms with Gasteiger partial charge in [-0.15, -0.1) is 0 Å². The summed E-state index contributed by atoms with van der Waals surface area (Å²) in [5.74, 6) is 0.892. The first-order valence-electron chi connectivity index (χ1n) is 12.3. The molecule has 1 amide bonds. The number of nitrogens with one attached hydrogen (secondary N) is 1. The highest BCUT2D eigenvalue weighted by Gasteiger charge is 2.25. The topological polar surface area (TPSA) is 88.8 Å². The van der Waals surface area contributed by atoms with Crippen LogP contribution in [-0.4, -0.2) is 38.8 Å². The van der Waals surface area contributed by atoms with E-state index in [1.807, 2.05) is 53.2 Å². The standard InChI is InChI=1S/C28H30N4O3/c33-16-15-29-28(34)25-18-31-32-26(22-9-5-2-6-10-22)24(17-30-27(25)32)21-11-13-23(14-12-21)35-19-20-7-3-1-4-8-20/h1,3-4,7-8,11-14,17-18,22,33H,2,5-6,9-10,15-16,19H2,(H,29,34). The number of benzene rings is 2. The number of aliphatic hydroxyl groups is 1. The Morgan fingerprint density at radius 1 is 1.03 bits per heavy atom. The van der Waals surface area contributed by atoms with Gasteiger partial charge in [0.1, 0.15) is 17.9 Å². The third-order valence-corrected chi connectivity index (χ3v) is 6.61. The Hall–Kier alpha value is -3.71. The SMILES string of the molecule is O=C(NCCO)c1cnn2c(C3CCCCC3)c(-c3ccc(OCc4ccccc4)cc3)cnc12. The lowest BCUT2D eigenvalue weighted by molar-refractivity contribution is 0.0946. The first-order chi connectivity index (χ1) is 17.2. The van der Waals surface area contributed by atoms with Crippen molar-refractivity contribution in [1.29, 1.82) is 0 Å². The lowest BCUT2D eigenvalue weighted by Crippen LogP contribution is -2.26. The Balaban J connectivity index is 1.47. The van der Waals surface area contributed by atoms with Crippen LogP contribution in [-0.2, 0) is 6.61 Å². The van der Waals surface area contributed by atoms with E-state index in [4.69, 9.17) is 9.84 Å². The predicted molar refractivity (Wildman–Crippen MR) is 134 cm³/mol. The van der Waals surface area contributed by atoms with Crippen LogP contribution in [0.2, 0.25) is 0 Å². The number of aromatic nitrogens is 3. The summed E-state index contributed by atoms with van der Waals surface area (Å²) >= 11 is 0. The van der Waals surface area contributed by atoms with E-state index < -0.39 is 0 Å². The summed E-state index contributed by atoms with van der Waals surface area (Å²) in [4.78, 5) is 17.2. The Labute approximate surface area is 204 Å². The number of hydrogen-bond acceptors (Lipinski definition) is 5. The maximum Gasteiger partial charge on any atom is 0.256 e. The number of rotatable bonds is 8. The fourth-order valence-corrected chi connectivity index (χ4v) is 4.84. The molecule has 1 fully saturated rings. The van der Waals surface area contributed by atoms with Crippen LogP contribution in [0.5, 0.6) is 5.75 Å². The zero-order chi connectivity index (χ0) is 24.0. The molecule has 0 saturated heterocycles. The molecule has 2 aromatic carbocycles. The molecule has 7 nitrogen and oxygen atoms in total. The smallest absolute Gasteiger partial charge is 0.256 e. The summed E-state index contributed by atoms with van der Waals surface area (Å²) < 4.78 is 7.81. The van der Waals surface area contributed by atoms with Crippen LogP contribution in [0, 0.1) is 0 Å². The van der Waals surface area contributed by atoms with Crippen molar-refractivity contribution in [3.63, 3.8) is 0 Å². The molecule has 0 aliphatic heterocycles. The molecule has 35 heavy (non-hydrogen) atoms. The van der Waals surface area contributed by atoms with E-state index in [2.05, 4.69) is 27.5 Å². The van der Waals surface area contributed by atoms with Crippen LogP contribution in [0.3, 0.4) is 0 Å². The van der Waals surface area contributed by atoms with Gasteiger partial charge < -0.3 is 15.2 Å². The third kappa shape index (κ3) is 5.05. The van der Waals surface area contributed by atoms with Crippen LogP contribution in [0.1, 0.15) is 59.6 Å². The van der Waals surface area contributed by atoms with Gasteiger partial charge in [0.2, 0.25) is 0 Å². The second kappa shape index (κ2) is 10.7. The van der Waals surface area contributed by atoms with Gasteiger partial charge in [-0.05, 0) is 36.1 Å². The molecule has 0 unspecified atom stereocenters. The van der Waals surface area contributed by atoms with Gasteiger partial charge in [0, 0.05) is 24.2 Å². The lowest BCUT2D eigenvalue weighted by atomic mass is 9.84. The van der Waals surface area contributed by atoms with Gasteiger partial charge in [0.05, 0.1) is 18.5 Å². The van der Waals surface area contributed by atoms with Crippen LogP contribution in [0.25, 0.3) is 16.8 Å². The number of fused-ring (bicyclic) bond motifs is 1. The quantitative estimate of drug-likeness (QED) is 0.388. The Kier molecular flexibility index (Phi) is 7.04. The monoisotopic (exact) mass is 470 g/mol. The van der Waals surface area contributed by atoms with Crippen molar-refractivity contribution in [2.24, 2.45) is 0 Å². The largest absolute Gasteiger partial charge is 0.489 e. The van der Waals surface area contributed by atoms with Crippen molar-refractivity contribution in [2.45, 2.75) is 44.6 Å². The van der Waals surface area contributed by atoms with Crippen molar-refractivity contribution >= 4 is 11.6 Å². The number of amides is 1. The average Bonchev–Trinajstić information content (AvgIpc) is 3.36. The molecule has 2 N–H and O–H groups in total. The highest BCUT2D eigenvalue weighted by Crippen LogP contribution is 2.38. The second-order valence-electron chi connectivity index (χ2n) is 8.96. The van der Waals surface area contributed by atoms with Gasteiger partial charge in [0.15, 0.2) is 5.65 Å². The molecule has 180 valence electrons. The maximum absolute atomic E-state index is 12.6. The summed E-state index contributed by atoms with van der Waals surface area (Å²) in [6, 6.07) is 18.2. The van der Waals surface area contributed by atoms with E-state index >= 15 is 0 Å². The zero-order valence-electron chi connectivity index (χ0n) is 19.7. The number of carbonyl (C=O) groups is 1. The average molecular weight is 471 g/mol. The molecule has 1 aliphatic rings. The minimum Gasteiger partial charge on any atom is -0.489 e. The van der Waals surface area contributed by atoms with E-state index in [0.29, 0.717) is 23.7 Å². The molecular weight excluding hydrogens is 440 g/mol. The predicted octanol–water partition coefficient (Wildman–Crippen LogP) is 4.75. The molecule has 2 heterocycles. The van der Waals surface area contributed by atoms with Gasteiger partial charge in [0.25, 0.3) is 5.91 Å². The molecule has 4 aromatic rings. The highest BCUT2D eigenvalue weighted by molar-refractivity contribution is 5.99. The molecule has 7 heteroatoms. The lowest BCUT2D eigenvalue weighted by Gasteiger charge is -2.25. The normalized spacial score (nSPS) is 14.2. The molecule has 0 radical (unpaired) electrons.